The smallest absolute Gasteiger partial charge is 0.191 e. The molecular formula is C18H29BrIN3O2. The van der Waals surface area contributed by atoms with Crippen LogP contribution in [0, 0.1) is 0 Å². The average molecular weight is 526 g/mol. The van der Waals surface area contributed by atoms with Crippen molar-refractivity contribution in [3.63, 3.8) is 0 Å². The van der Waals surface area contributed by atoms with Gasteiger partial charge in [0.25, 0.3) is 0 Å². The van der Waals surface area contributed by atoms with E-state index in [9.17, 15) is 0 Å². The minimum absolute atomic E-state index is 0. The van der Waals surface area contributed by atoms with Gasteiger partial charge in [-0.1, -0.05) is 28.1 Å². The number of nitrogens with one attached hydrogen (secondary N) is 2. The summed E-state index contributed by atoms with van der Waals surface area (Å²) < 4.78 is 12.1. The number of halogens is 2. The van der Waals surface area contributed by atoms with Crippen LogP contribution in [0.5, 0.6) is 0 Å². The number of ether oxygens (including phenoxy) is 2. The fourth-order valence-corrected chi connectivity index (χ4v) is 3.26. The third-order valence-corrected chi connectivity index (χ3v) is 5.00. The summed E-state index contributed by atoms with van der Waals surface area (Å²) in [7, 11) is 1.80. The minimum Gasteiger partial charge on any atom is -0.381 e. The van der Waals surface area contributed by atoms with Crippen LogP contribution in [0.1, 0.15) is 25.3 Å². The SMILES string of the molecule is CCOCCNC(=NC)NCC1(c2ccc(Br)cc2)CCOCC1.I. The van der Waals surface area contributed by atoms with E-state index in [1.165, 1.54) is 5.56 Å². The Bertz CT molecular complexity index is 520. The molecule has 1 aliphatic rings. The highest BCUT2D eigenvalue weighted by Crippen LogP contribution is 2.34. The molecule has 0 aliphatic carbocycles. The van der Waals surface area contributed by atoms with E-state index in [1.54, 1.807) is 7.05 Å². The lowest BCUT2D eigenvalue weighted by Crippen LogP contribution is -2.48. The number of rotatable bonds is 7. The van der Waals surface area contributed by atoms with Gasteiger partial charge in [-0.2, -0.15) is 0 Å². The van der Waals surface area contributed by atoms with Gasteiger partial charge in [-0.25, -0.2) is 0 Å². The van der Waals surface area contributed by atoms with Crippen LogP contribution in [0.4, 0.5) is 0 Å². The van der Waals surface area contributed by atoms with Crippen molar-refractivity contribution < 1.29 is 9.47 Å². The van der Waals surface area contributed by atoms with Crippen molar-refractivity contribution in [2.24, 2.45) is 4.99 Å². The molecule has 1 fully saturated rings. The largest absolute Gasteiger partial charge is 0.381 e. The second-order valence-electron chi connectivity index (χ2n) is 5.95. The van der Waals surface area contributed by atoms with E-state index in [2.05, 4.69) is 55.8 Å². The highest BCUT2D eigenvalue weighted by Gasteiger charge is 2.34. The van der Waals surface area contributed by atoms with E-state index in [0.29, 0.717) is 6.61 Å². The van der Waals surface area contributed by atoms with Crippen LogP contribution < -0.4 is 10.6 Å². The zero-order valence-electron chi connectivity index (χ0n) is 15.0. The topological polar surface area (TPSA) is 54.9 Å². The second-order valence-corrected chi connectivity index (χ2v) is 6.86. The molecule has 1 heterocycles. The van der Waals surface area contributed by atoms with Gasteiger partial charge in [0.1, 0.15) is 0 Å². The lowest BCUT2D eigenvalue weighted by atomic mass is 9.74. The third kappa shape index (κ3) is 7.03. The van der Waals surface area contributed by atoms with E-state index in [-0.39, 0.29) is 29.4 Å². The number of nitrogens with zero attached hydrogens (tertiary/aromatic N) is 1. The van der Waals surface area contributed by atoms with Gasteiger partial charge in [0, 0.05) is 49.8 Å². The number of benzene rings is 1. The van der Waals surface area contributed by atoms with E-state index >= 15 is 0 Å². The Morgan fingerprint density at radius 2 is 1.92 bits per heavy atom. The molecule has 0 aromatic heterocycles. The first-order valence-electron chi connectivity index (χ1n) is 8.56. The van der Waals surface area contributed by atoms with Crippen molar-refractivity contribution in [2.75, 3.05) is 46.6 Å². The molecule has 0 radical (unpaired) electrons. The summed E-state index contributed by atoms with van der Waals surface area (Å²) in [6, 6.07) is 8.65. The predicted octanol–water partition coefficient (Wildman–Crippen LogP) is 3.32. The van der Waals surface area contributed by atoms with Crippen molar-refractivity contribution in [2.45, 2.75) is 25.2 Å². The molecule has 1 aromatic carbocycles. The van der Waals surface area contributed by atoms with Gasteiger partial charge < -0.3 is 20.1 Å². The Morgan fingerprint density at radius 3 is 2.52 bits per heavy atom. The Kier molecular flexibility index (Phi) is 11.0. The van der Waals surface area contributed by atoms with Gasteiger partial charge in [0.15, 0.2) is 5.96 Å². The maximum Gasteiger partial charge on any atom is 0.191 e. The molecule has 2 rings (SSSR count). The van der Waals surface area contributed by atoms with Crippen LogP contribution in [0.25, 0.3) is 0 Å². The zero-order valence-corrected chi connectivity index (χ0v) is 18.9. The van der Waals surface area contributed by atoms with Gasteiger partial charge >= 0.3 is 0 Å². The molecule has 0 saturated carbocycles. The Labute approximate surface area is 176 Å². The lowest BCUT2D eigenvalue weighted by molar-refractivity contribution is 0.0513. The molecule has 2 N–H and O–H groups in total. The van der Waals surface area contributed by atoms with Crippen LogP contribution in [0.2, 0.25) is 0 Å². The van der Waals surface area contributed by atoms with Crippen molar-refractivity contribution in [3.05, 3.63) is 34.3 Å². The molecule has 1 aliphatic heterocycles. The molecular weight excluding hydrogens is 497 g/mol. The van der Waals surface area contributed by atoms with Gasteiger partial charge in [-0.3, -0.25) is 4.99 Å². The van der Waals surface area contributed by atoms with Crippen LogP contribution in [0.3, 0.4) is 0 Å². The van der Waals surface area contributed by atoms with E-state index in [4.69, 9.17) is 9.47 Å². The van der Waals surface area contributed by atoms with Crippen LogP contribution in [-0.2, 0) is 14.9 Å². The molecule has 0 spiro atoms. The number of hydrogen-bond acceptors (Lipinski definition) is 3. The lowest BCUT2D eigenvalue weighted by Gasteiger charge is -2.38. The van der Waals surface area contributed by atoms with E-state index in [0.717, 1.165) is 56.2 Å². The second kappa shape index (κ2) is 12.1. The number of hydrogen-bond donors (Lipinski definition) is 2. The molecule has 0 atom stereocenters. The number of aliphatic imine (C=N–C) groups is 1. The van der Waals surface area contributed by atoms with Crippen molar-refractivity contribution >= 4 is 45.9 Å². The summed E-state index contributed by atoms with van der Waals surface area (Å²) in [6.07, 6.45) is 2.02. The zero-order chi connectivity index (χ0) is 17.3. The summed E-state index contributed by atoms with van der Waals surface area (Å²) in [4.78, 5) is 4.31. The Hall–Kier alpha value is -0.380. The highest BCUT2D eigenvalue weighted by molar-refractivity contribution is 14.0. The van der Waals surface area contributed by atoms with E-state index in [1.807, 2.05) is 6.92 Å². The molecule has 0 amide bonds. The maximum absolute atomic E-state index is 5.60. The standard InChI is InChI=1S/C18H28BrN3O2.HI/c1-3-23-13-10-21-17(20-2)22-14-18(8-11-24-12-9-18)15-4-6-16(19)7-5-15;/h4-7H,3,8-14H2,1-2H3,(H2,20,21,22);1H. The first-order chi connectivity index (χ1) is 11.7. The Morgan fingerprint density at radius 1 is 1.24 bits per heavy atom. The minimum atomic E-state index is 0. The summed E-state index contributed by atoms with van der Waals surface area (Å²) in [5.74, 6) is 0.817. The highest BCUT2D eigenvalue weighted by atomic mass is 127. The monoisotopic (exact) mass is 525 g/mol. The predicted molar refractivity (Wildman–Crippen MR) is 117 cm³/mol. The first kappa shape index (κ1) is 22.7. The first-order valence-corrected chi connectivity index (χ1v) is 9.35. The summed E-state index contributed by atoms with van der Waals surface area (Å²) in [6.45, 7) is 6.61. The third-order valence-electron chi connectivity index (χ3n) is 4.47. The molecule has 0 unspecified atom stereocenters. The van der Waals surface area contributed by atoms with Crippen LogP contribution in [-0.4, -0.2) is 52.5 Å². The normalized spacial score (nSPS) is 16.8. The van der Waals surface area contributed by atoms with Crippen molar-refractivity contribution in [1.82, 2.24) is 10.6 Å². The molecule has 25 heavy (non-hydrogen) atoms. The van der Waals surface area contributed by atoms with Crippen molar-refractivity contribution in [1.29, 1.82) is 0 Å². The van der Waals surface area contributed by atoms with Gasteiger partial charge in [-0.15, -0.1) is 24.0 Å². The molecule has 1 aromatic rings. The van der Waals surface area contributed by atoms with Crippen LogP contribution >= 0.6 is 39.9 Å². The van der Waals surface area contributed by atoms with E-state index < -0.39 is 0 Å². The number of guanidine groups is 1. The quantitative estimate of drug-likeness (QED) is 0.248. The Balaban J connectivity index is 0.00000312. The van der Waals surface area contributed by atoms with Gasteiger partial charge in [-0.05, 0) is 37.5 Å². The van der Waals surface area contributed by atoms with Crippen molar-refractivity contribution in [3.8, 4) is 0 Å². The fourth-order valence-electron chi connectivity index (χ4n) is 2.99. The van der Waals surface area contributed by atoms with Gasteiger partial charge in [0.05, 0.1) is 6.61 Å². The molecule has 5 nitrogen and oxygen atoms in total. The summed E-state index contributed by atoms with van der Waals surface area (Å²) >= 11 is 3.52. The summed E-state index contributed by atoms with van der Waals surface area (Å²) in [5, 5.41) is 6.78. The molecule has 142 valence electrons. The molecule has 0 bridgehead atoms. The fraction of sp³-hybridized carbons (Fsp3) is 0.611. The van der Waals surface area contributed by atoms with Crippen LogP contribution in [0.15, 0.2) is 33.7 Å². The molecule has 7 heteroatoms. The average Bonchev–Trinajstić information content (AvgIpc) is 2.62. The maximum atomic E-state index is 5.60. The van der Waals surface area contributed by atoms with Gasteiger partial charge in [0.2, 0.25) is 0 Å². The summed E-state index contributed by atoms with van der Waals surface area (Å²) in [5.41, 5.74) is 1.43. The molecule has 1 saturated heterocycles.